The Morgan fingerprint density at radius 2 is 2.50 bits per heavy atom. The highest BCUT2D eigenvalue weighted by molar-refractivity contribution is 5.95. The zero-order valence-corrected chi connectivity index (χ0v) is 4.93. The van der Waals surface area contributed by atoms with E-state index in [1.165, 1.54) is 0 Å². The Labute approximate surface area is 50.9 Å². The van der Waals surface area contributed by atoms with Crippen molar-refractivity contribution < 1.29 is 9.92 Å². The first-order valence-corrected chi connectivity index (χ1v) is 3.06. The maximum atomic E-state index is 8.64. The van der Waals surface area contributed by atoms with E-state index in [9.17, 15) is 0 Å². The Hall–Kier alpha value is -0.0151. The highest BCUT2D eigenvalue weighted by Crippen LogP contribution is 1.96. The summed E-state index contributed by atoms with van der Waals surface area (Å²) in [5.74, 6) is 0. The van der Waals surface area contributed by atoms with Gasteiger partial charge in [-0.3, -0.25) is 0 Å². The van der Waals surface area contributed by atoms with Crippen molar-refractivity contribution in [2.45, 2.75) is 18.9 Å². The van der Waals surface area contributed by atoms with E-state index in [-0.39, 0.29) is 6.61 Å². The monoisotopic (exact) mass is 112 g/mol. The molecule has 1 aliphatic rings. The summed E-state index contributed by atoms with van der Waals surface area (Å²) in [5, 5.41) is 8.64. The van der Waals surface area contributed by atoms with Crippen LogP contribution in [0.4, 0.5) is 0 Å². The second-order valence-corrected chi connectivity index (χ2v) is 2.35. The van der Waals surface area contributed by atoms with E-state index in [2.05, 4.69) is 0 Å². The van der Waals surface area contributed by atoms with Gasteiger partial charge in [0.15, 0.2) is 0 Å². The third-order valence-corrected chi connectivity index (χ3v) is 1.76. The molecule has 1 rings (SSSR count). The normalized spacial score (nSPS) is 38.1. The highest BCUT2D eigenvalue weighted by atomic mass is 16.3. The van der Waals surface area contributed by atoms with E-state index in [1.54, 1.807) is 0 Å². The average Bonchev–Trinajstić information content (AvgIpc) is 2.14. The minimum Gasteiger partial charge on any atom is -0.403 e. The molecule has 0 amide bonds. The fourth-order valence-electron chi connectivity index (χ4n) is 1.15. The smallest absolute Gasteiger partial charge is 0.403 e. The van der Waals surface area contributed by atoms with Crippen LogP contribution in [0.5, 0.6) is 0 Å². The summed E-state index contributed by atoms with van der Waals surface area (Å²) < 4.78 is 0. The first-order valence-electron chi connectivity index (χ1n) is 3.06. The fraction of sp³-hybridized carbons (Fsp3) is 1.00. The zero-order chi connectivity index (χ0) is 5.98. The minimum absolute atomic E-state index is 0.242. The van der Waals surface area contributed by atoms with Gasteiger partial charge in [-0.1, -0.05) is 0 Å². The molecule has 0 aromatic carbocycles. The van der Waals surface area contributed by atoms with Crippen molar-refractivity contribution in [3.05, 3.63) is 0 Å². The molecule has 8 heavy (non-hydrogen) atoms. The first-order chi connectivity index (χ1) is 3.84. The van der Waals surface area contributed by atoms with Gasteiger partial charge >= 0.3 is 7.98 Å². The van der Waals surface area contributed by atoms with Gasteiger partial charge < -0.3 is 9.92 Å². The van der Waals surface area contributed by atoms with Crippen molar-refractivity contribution >= 4 is 7.98 Å². The van der Waals surface area contributed by atoms with Gasteiger partial charge in [-0.25, -0.2) is 0 Å². The largest absolute Gasteiger partial charge is 0.479 e. The average molecular weight is 112 g/mol. The summed E-state index contributed by atoms with van der Waals surface area (Å²) in [5.41, 5.74) is 0. The Morgan fingerprint density at radius 3 is 2.75 bits per heavy atom. The van der Waals surface area contributed by atoms with Crippen LogP contribution in [-0.4, -0.2) is 32.3 Å². The van der Waals surface area contributed by atoms with Crippen LogP contribution in [0.2, 0.25) is 0 Å². The van der Waals surface area contributed by atoms with E-state index < -0.39 is 0 Å². The maximum Gasteiger partial charge on any atom is 0.479 e. The molecule has 2 nitrogen and oxygen atoms in total. The third kappa shape index (κ3) is 1.04. The van der Waals surface area contributed by atoms with Crippen LogP contribution in [0.3, 0.4) is 0 Å². The maximum absolute atomic E-state index is 8.64. The molecule has 2 atom stereocenters. The molecular formula is C5H11BNO+. The zero-order valence-electron chi connectivity index (χ0n) is 4.93. The van der Waals surface area contributed by atoms with Crippen molar-refractivity contribution in [2.75, 3.05) is 13.2 Å². The molecule has 0 bridgehead atoms. The number of nitrogens with one attached hydrogen (secondary N) is 1. The van der Waals surface area contributed by atoms with Gasteiger partial charge in [0.2, 0.25) is 0 Å². The number of quaternary nitrogens is 1. The Kier molecular flexibility index (Phi) is 1.92. The van der Waals surface area contributed by atoms with Crippen molar-refractivity contribution in [2.24, 2.45) is 0 Å². The lowest BCUT2D eigenvalue weighted by atomic mass is 10.2. The third-order valence-electron chi connectivity index (χ3n) is 1.76. The van der Waals surface area contributed by atoms with Gasteiger partial charge in [0.05, 0.1) is 19.2 Å². The quantitative estimate of drug-likeness (QED) is 0.381. The van der Waals surface area contributed by atoms with Gasteiger partial charge in [-0.05, 0) is 0 Å². The van der Waals surface area contributed by atoms with Crippen LogP contribution < -0.4 is 4.81 Å². The second kappa shape index (κ2) is 2.51. The molecule has 44 valence electrons. The van der Waals surface area contributed by atoms with E-state index in [0.29, 0.717) is 6.04 Å². The van der Waals surface area contributed by atoms with Crippen LogP contribution in [0.25, 0.3) is 0 Å². The van der Waals surface area contributed by atoms with Crippen LogP contribution >= 0.6 is 0 Å². The van der Waals surface area contributed by atoms with Gasteiger partial charge in [0.1, 0.15) is 0 Å². The SMILES string of the molecule is [B][NH+]1CCC[C@H]1CO. The number of aliphatic hydroxyl groups is 1. The van der Waals surface area contributed by atoms with E-state index in [1.807, 2.05) is 0 Å². The molecule has 1 heterocycles. The summed E-state index contributed by atoms with van der Waals surface area (Å²) in [6, 6.07) is 0.315. The highest BCUT2D eigenvalue weighted by Gasteiger charge is 2.22. The molecule has 1 unspecified atom stereocenters. The topological polar surface area (TPSA) is 24.7 Å². The Bertz CT molecular complexity index is 78.8. The van der Waals surface area contributed by atoms with Gasteiger partial charge in [-0.2, -0.15) is 0 Å². The summed E-state index contributed by atoms with van der Waals surface area (Å²) in [4.78, 5) is 0.993. The molecule has 1 fully saturated rings. The number of hydrogen-bond acceptors (Lipinski definition) is 1. The van der Waals surface area contributed by atoms with Crippen LogP contribution in [0.1, 0.15) is 12.8 Å². The van der Waals surface area contributed by atoms with Crippen molar-refractivity contribution in [3.8, 4) is 0 Å². The summed E-state index contributed by atoms with van der Waals surface area (Å²) in [6.45, 7) is 1.26. The van der Waals surface area contributed by atoms with Crippen molar-refractivity contribution in [1.29, 1.82) is 0 Å². The minimum atomic E-state index is 0.242. The lowest BCUT2D eigenvalue weighted by Gasteiger charge is -2.12. The number of hydrogen-bond donors (Lipinski definition) is 2. The van der Waals surface area contributed by atoms with Crippen LogP contribution in [-0.2, 0) is 0 Å². The molecule has 1 saturated heterocycles. The van der Waals surface area contributed by atoms with Crippen molar-refractivity contribution in [3.63, 3.8) is 0 Å². The molecule has 0 aliphatic carbocycles. The molecule has 1 aliphatic heterocycles. The molecule has 0 aromatic rings. The molecule has 0 aromatic heterocycles. The lowest BCUT2D eigenvalue weighted by Crippen LogP contribution is -3.12. The molecule has 2 radical (unpaired) electrons. The molecule has 3 heteroatoms. The van der Waals surface area contributed by atoms with Crippen molar-refractivity contribution in [1.82, 2.24) is 0 Å². The standard InChI is InChI=1S/C5H11BNO/c6-7-3-1-2-5(7)4-8/h5,7-8H,1-4H2/q+1/t5-/m0/s1. The number of aliphatic hydroxyl groups excluding tert-OH is 1. The van der Waals surface area contributed by atoms with Gasteiger partial charge in [0.25, 0.3) is 0 Å². The molecule has 2 N–H and O–H groups in total. The van der Waals surface area contributed by atoms with E-state index in [0.717, 1.165) is 24.2 Å². The van der Waals surface area contributed by atoms with Gasteiger partial charge in [0, 0.05) is 12.8 Å². The summed E-state index contributed by atoms with van der Waals surface area (Å²) in [6.07, 6.45) is 2.25. The lowest BCUT2D eigenvalue weighted by molar-refractivity contribution is -0.793. The molecule has 0 saturated carbocycles. The summed E-state index contributed by atoms with van der Waals surface area (Å²) in [7, 11) is 5.55. The van der Waals surface area contributed by atoms with Gasteiger partial charge in [-0.15, -0.1) is 0 Å². The summed E-state index contributed by atoms with van der Waals surface area (Å²) >= 11 is 0. The second-order valence-electron chi connectivity index (χ2n) is 2.35. The van der Waals surface area contributed by atoms with E-state index in [4.69, 9.17) is 13.1 Å². The van der Waals surface area contributed by atoms with Crippen LogP contribution in [0.15, 0.2) is 0 Å². The molecule has 0 spiro atoms. The number of rotatable bonds is 1. The Balaban J connectivity index is 2.30. The first kappa shape index (κ1) is 6.11. The predicted molar refractivity (Wildman–Crippen MR) is 31.7 cm³/mol. The molecular weight excluding hydrogens is 101 g/mol. The fourth-order valence-corrected chi connectivity index (χ4v) is 1.15. The van der Waals surface area contributed by atoms with E-state index >= 15 is 0 Å². The predicted octanol–water partition coefficient (Wildman–Crippen LogP) is -1.89. The Morgan fingerprint density at radius 1 is 1.75 bits per heavy atom. The van der Waals surface area contributed by atoms with Crippen LogP contribution in [0, 0.1) is 0 Å².